The fraction of sp³-hybridized carbons (Fsp3) is 0.545. The Kier molecular flexibility index (Phi) is 6.39. The second-order valence-corrected chi connectivity index (χ2v) is 8.23. The topological polar surface area (TPSA) is 98.5 Å². The predicted octanol–water partition coefficient (Wildman–Crippen LogP) is 1.11. The van der Waals surface area contributed by atoms with Gasteiger partial charge in [0, 0.05) is 44.7 Å². The zero-order valence-corrected chi connectivity index (χ0v) is 17.9. The van der Waals surface area contributed by atoms with Crippen molar-refractivity contribution in [3.63, 3.8) is 0 Å². The molecular formula is C22H29N5O4. The van der Waals surface area contributed by atoms with Gasteiger partial charge in [-0.2, -0.15) is 5.10 Å². The smallest absolute Gasteiger partial charge is 0.345 e. The predicted molar refractivity (Wildman–Crippen MR) is 114 cm³/mol. The maximum Gasteiger partial charge on any atom is 0.345 e. The van der Waals surface area contributed by atoms with Crippen LogP contribution in [0.4, 0.5) is 0 Å². The normalized spacial score (nSPS) is 18.7. The van der Waals surface area contributed by atoms with E-state index in [0.717, 1.165) is 38.2 Å². The van der Waals surface area contributed by atoms with Crippen LogP contribution in [0.3, 0.4) is 0 Å². The number of rotatable bonds is 5. The summed E-state index contributed by atoms with van der Waals surface area (Å²) in [4.78, 5) is 38.8. The molecule has 1 atom stereocenters. The van der Waals surface area contributed by atoms with E-state index in [-0.39, 0.29) is 30.2 Å². The molecule has 9 nitrogen and oxygen atoms in total. The Hall–Kier alpha value is -3.10. The SMILES string of the molecule is Cn1nc2n(c1=O)CCC(NC(=O)c1ccc(OCC(=O)N3CCCCC3)cc1)CC2. The van der Waals surface area contributed by atoms with E-state index in [1.165, 1.54) is 11.1 Å². The van der Waals surface area contributed by atoms with Gasteiger partial charge in [-0.3, -0.25) is 14.2 Å². The zero-order valence-electron chi connectivity index (χ0n) is 17.9. The van der Waals surface area contributed by atoms with Gasteiger partial charge in [0.05, 0.1) is 0 Å². The van der Waals surface area contributed by atoms with Gasteiger partial charge in [0.1, 0.15) is 11.6 Å². The summed E-state index contributed by atoms with van der Waals surface area (Å²) in [5.74, 6) is 1.18. The molecule has 1 saturated heterocycles. The summed E-state index contributed by atoms with van der Waals surface area (Å²) in [6.45, 7) is 2.17. The van der Waals surface area contributed by atoms with Crippen LogP contribution < -0.4 is 15.7 Å². The summed E-state index contributed by atoms with van der Waals surface area (Å²) in [6, 6.07) is 6.81. The summed E-state index contributed by atoms with van der Waals surface area (Å²) in [6.07, 6.45) is 5.36. The Balaban J connectivity index is 1.27. The third-order valence-corrected chi connectivity index (χ3v) is 6.03. The fourth-order valence-electron chi connectivity index (χ4n) is 4.19. The van der Waals surface area contributed by atoms with Gasteiger partial charge in [-0.05, 0) is 56.4 Å². The quantitative estimate of drug-likeness (QED) is 0.771. The molecule has 31 heavy (non-hydrogen) atoms. The number of likely N-dealkylation sites (tertiary alicyclic amines) is 1. The van der Waals surface area contributed by atoms with Gasteiger partial charge in [-0.1, -0.05) is 0 Å². The average molecular weight is 428 g/mol. The molecule has 2 amide bonds. The van der Waals surface area contributed by atoms with Crippen molar-refractivity contribution >= 4 is 11.8 Å². The monoisotopic (exact) mass is 427 g/mol. The van der Waals surface area contributed by atoms with Crippen molar-refractivity contribution in [2.24, 2.45) is 7.05 Å². The first kappa shape index (κ1) is 21.1. The van der Waals surface area contributed by atoms with Crippen molar-refractivity contribution in [2.75, 3.05) is 19.7 Å². The summed E-state index contributed by atoms with van der Waals surface area (Å²) < 4.78 is 8.65. The van der Waals surface area contributed by atoms with Gasteiger partial charge >= 0.3 is 5.69 Å². The largest absolute Gasteiger partial charge is 0.484 e. The van der Waals surface area contributed by atoms with E-state index in [1.54, 1.807) is 35.9 Å². The van der Waals surface area contributed by atoms with Gasteiger partial charge < -0.3 is 15.0 Å². The van der Waals surface area contributed by atoms with Crippen LogP contribution in [0, 0.1) is 0 Å². The molecule has 3 heterocycles. The molecule has 0 aliphatic carbocycles. The number of nitrogens with zero attached hydrogens (tertiary/aromatic N) is 4. The number of nitrogens with one attached hydrogen (secondary N) is 1. The van der Waals surface area contributed by atoms with Crippen molar-refractivity contribution < 1.29 is 14.3 Å². The molecule has 2 aromatic rings. The van der Waals surface area contributed by atoms with E-state index in [4.69, 9.17) is 4.74 Å². The highest BCUT2D eigenvalue weighted by atomic mass is 16.5. The van der Waals surface area contributed by atoms with E-state index in [2.05, 4.69) is 10.4 Å². The molecule has 0 spiro atoms. The first-order valence-corrected chi connectivity index (χ1v) is 11.0. The summed E-state index contributed by atoms with van der Waals surface area (Å²) in [5, 5.41) is 7.32. The van der Waals surface area contributed by atoms with Crippen molar-refractivity contribution in [1.29, 1.82) is 0 Å². The van der Waals surface area contributed by atoms with Gasteiger partial charge in [0.25, 0.3) is 11.8 Å². The van der Waals surface area contributed by atoms with Crippen molar-refractivity contribution in [3.8, 4) is 5.75 Å². The second-order valence-electron chi connectivity index (χ2n) is 8.23. The lowest BCUT2D eigenvalue weighted by molar-refractivity contribution is -0.134. The van der Waals surface area contributed by atoms with E-state index < -0.39 is 0 Å². The molecule has 0 radical (unpaired) electrons. The molecule has 1 aromatic carbocycles. The number of carbonyl (C=O) groups is 2. The highest BCUT2D eigenvalue weighted by molar-refractivity contribution is 5.94. The van der Waals surface area contributed by atoms with Crippen LogP contribution in [0.15, 0.2) is 29.1 Å². The molecule has 4 rings (SSSR count). The molecule has 1 fully saturated rings. The highest BCUT2D eigenvalue weighted by Gasteiger charge is 2.22. The van der Waals surface area contributed by atoms with Crippen LogP contribution in [0.1, 0.15) is 48.3 Å². The molecule has 2 aliphatic rings. The third kappa shape index (κ3) is 4.98. The summed E-state index contributed by atoms with van der Waals surface area (Å²) >= 11 is 0. The molecule has 0 saturated carbocycles. The van der Waals surface area contributed by atoms with Crippen LogP contribution in [0.2, 0.25) is 0 Å². The molecule has 1 aromatic heterocycles. The molecule has 0 bridgehead atoms. The summed E-state index contributed by atoms with van der Waals surface area (Å²) in [5.41, 5.74) is 0.420. The number of carbonyl (C=O) groups excluding carboxylic acids is 2. The second kappa shape index (κ2) is 9.36. The average Bonchev–Trinajstić information content (AvgIpc) is 2.94. The molecule has 9 heteroatoms. The molecule has 2 aliphatic heterocycles. The number of amides is 2. The first-order valence-electron chi connectivity index (χ1n) is 11.0. The van der Waals surface area contributed by atoms with Crippen LogP contribution in [-0.4, -0.2) is 56.8 Å². The number of aromatic nitrogens is 3. The molecule has 1 N–H and O–H groups in total. The maximum absolute atomic E-state index is 12.6. The van der Waals surface area contributed by atoms with Crippen LogP contribution in [0.25, 0.3) is 0 Å². The Bertz CT molecular complexity index is 988. The lowest BCUT2D eigenvalue weighted by Gasteiger charge is -2.26. The van der Waals surface area contributed by atoms with E-state index >= 15 is 0 Å². The van der Waals surface area contributed by atoms with E-state index in [0.29, 0.717) is 30.7 Å². The number of fused-ring (bicyclic) bond motifs is 1. The number of hydrogen-bond acceptors (Lipinski definition) is 5. The molecular weight excluding hydrogens is 398 g/mol. The lowest BCUT2D eigenvalue weighted by Crippen LogP contribution is -2.38. The van der Waals surface area contributed by atoms with Gasteiger partial charge in [0.15, 0.2) is 6.61 Å². The van der Waals surface area contributed by atoms with Gasteiger partial charge in [-0.15, -0.1) is 0 Å². The Labute approximate surface area is 181 Å². The zero-order chi connectivity index (χ0) is 21.8. The number of aryl methyl sites for hydroxylation is 2. The van der Waals surface area contributed by atoms with Crippen molar-refractivity contribution in [2.45, 2.75) is 51.1 Å². The Morgan fingerprint density at radius 1 is 1.10 bits per heavy atom. The van der Waals surface area contributed by atoms with Crippen molar-refractivity contribution in [1.82, 2.24) is 24.6 Å². The fourth-order valence-corrected chi connectivity index (χ4v) is 4.19. The number of ether oxygens (including phenoxy) is 1. The van der Waals surface area contributed by atoms with Crippen LogP contribution >= 0.6 is 0 Å². The number of benzene rings is 1. The molecule has 166 valence electrons. The van der Waals surface area contributed by atoms with Crippen molar-refractivity contribution in [3.05, 3.63) is 46.1 Å². The van der Waals surface area contributed by atoms with E-state index in [9.17, 15) is 14.4 Å². The molecule has 1 unspecified atom stereocenters. The minimum Gasteiger partial charge on any atom is -0.484 e. The highest BCUT2D eigenvalue weighted by Crippen LogP contribution is 2.16. The number of hydrogen-bond donors (Lipinski definition) is 1. The number of piperidine rings is 1. The Morgan fingerprint density at radius 3 is 2.58 bits per heavy atom. The lowest BCUT2D eigenvalue weighted by atomic mass is 10.1. The van der Waals surface area contributed by atoms with Crippen LogP contribution in [0.5, 0.6) is 5.75 Å². The maximum atomic E-state index is 12.6. The van der Waals surface area contributed by atoms with Gasteiger partial charge in [-0.25, -0.2) is 9.48 Å². The van der Waals surface area contributed by atoms with Crippen LogP contribution in [-0.2, 0) is 24.8 Å². The third-order valence-electron chi connectivity index (χ3n) is 6.03. The first-order chi connectivity index (χ1) is 15.0. The van der Waals surface area contributed by atoms with E-state index in [1.807, 2.05) is 4.90 Å². The standard InChI is InChI=1S/C22H29N5O4/c1-25-22(30)27-14-11-17(7-10-19(27)24-25)23-21(29)16-5-8-18(9-6-16)31-15-20(28)26-12-3-2-4-13-26/h5-6,8-9,17H,2-4,7,10-15H2,1H3,(H,23,29). The minimum absolute atomic E-state index is 0.00432. The Morgan fingerprint density at radius 2 is 1.84 bits per heavy atom. The van der Waals surface area contributed by atoms with Gasteiger partial charge in [0.2, 0.25) is 0 Å². The minimum atomic E-state index is -0.159. The summed E-state index contributed by atoms with van der Waals surface area (Å²) in [7, 11) is 1.65.